The molecular formula is C26H44O5. The van der Waals surface area contributed by atoms with Crippen molar-refractivity contribution in [2.24, 2.45) is 52.3 Å². The minimum absolute atomic E-state index is 0.0303. The van der Waals surface area contributed by atoms with E-state index in [4.69, 9.17) is 0 Å². The molecule has 0 aromatic rings. The molecule has 4 aliphatic carbocycles. The third-order valence-electron chi connectivity index (χ3n) is 10.4. The van der Waals surface area contributed by atoms with Crippen LogP contribution in [0.5, 0.6) is 0 Å². The average molecular weight is 437 g/mol. The minimum Gasteiger partial charge on any atom is -0.396 e. The summed E-state index contributed by atoms with van der Waals surface area (Å²) < 4.78 is 0. The van der Waals surface area contributed by atoms with E-state index in [0.717, 1.165) is 25.7 Å². The Bertz CT molecular complexity index is 681. The first-order valence-corrected chi connectivity index (χ1v) is 12.6. The molecule has 0 aromatic heterocycles. The molecule has 0 bridgehead atoms. The molecule has 4 saturated carbocycles. The maximum atomic E-state index is 11.3. The molecule has 178 valence electrons. The first-order chi connectivity index (χ1) is 14.5. The van der Waals surface area contributed by atoms with E-state index in [9.17, 15) is 25.5 Å². The van der Waals surface area contributed by atoms with Gasteiger partial charge in [-0.2, -0.15) is 0 Å². The van der Waals surface area contributed by atoms with Crippen molar-refractivity contribution in [3.05, 3.63) is 12.2 Å². The zero-order chi connectivity index (χ0) is 22.7. The standard InChI is InChI=1S/C26H44O5/c1-14(13-27)5-6-15(2)18-12-21(30)22-16-11-20(29)23-24(31)19(28)8-10-25(23,3)17(16)7-9-26(18,22)4/h5-6,14-24,27-31H,7-13H2,1-4H3/b6-5+/t14-,15+,16+,17-,18-,19-,20-,21+,22-,23-,24-,25+,26+/m0/s1. The van der Waals surface area contributed by atoms with Gasteiger partial charge < -0.3 is 25.5 Å². The summed E-state index contributed by atoms with van der Waals surface area (Å²) in [5.74, 6) is 1.37. The molecule has 0 amide bonds. The summed E-state index contributed by atoms with van der Waals surface area (Å²) in [7, 11) is 0. The van der Waals surface area contributed by atoms with E-state index in [1.165, 1.54) is 0 Å². The molecule has 0 radical (unpaired) electrons. The Balaban J connectivity index is 1.61. The van der Waals surface area contributed by atoms with Crippen LogP contribution >= 0.6 is 0 Å². The van der Waals surface area contributed by atoms with Gasteiger partial charge in [0, 0.05) is 12.5 Å². The van der Waals surface area contributed by atoms with Gasteiger partial charge >= 0.3 is 0 Å². The first-order valence-electron chi connectivity index (χ1n) is 12.6. The van der Waals surface area contributed by atoms with Crippen molar-refractivity contribution in [2.75, 3.05) is 6.61 Å². The normalized spacial score (nSPS) is 54.2. The molecule has 0 aliphatic heterocycles. The number of hydrogen-bond donors (Lipinski definition) is 5. The van der Waals surface area contributed by atoms with Crippen LogP contribution in [0.4, 0.5) is 0 Å². The highest BCUT2D eigenvalue weighted by molar-refractivity contribution is 5.15. The second kappa shape index (κ2) is 8.39. The SMILES string of the molecule is C[C@H](/C=C/[C@H](C)CO)[C@@H]1C[C@@H](O)[C@@H]2[C@@H]3C[C@H](O)[C@H]4[C@@H](O)[C@@H](O)CC[C@]4(C)[C@H]3CC[C@@]21C. The smallest absolute Gasteiger partial charge is 0.0857 e. The molecule has 13 atom stereocenters. The van der Waals surface area contributed by atoms with Gasteiger partial charge in [0.1, 0.15) is 0 Å². The zero-order valence-corrected chi connectivity index (χ0v) is 19.7. The first kappa shape index (κ1) is 23.7. The van der Waals surface area contributed by atoms with E-state index in [0.29, 0.717) is 30.6 Å². The minimum atomic E-state index is -0.858. The molecule has 0 unspecified atom stereocenters. The number of aliphatic hydroxyl groups is 5. The highest BCUT2D eigenvalue weighted by Crippen LogP contribution is 2.68. The second-order valence-corrected chi connectivity index (χ2v) is 12.1. The van der Waals surface area contributed by atoms with Crippen LogP contribution in [0.15, 0.2) is 12.2 Å². The fourth-order valence-corrected chi connectivity index (χ4v) is 8.88. The van der Waals surface area contributed by atoms with E-state index in [-0.39, 0.29) is 47.2 Å². The Morgan fingerprint density at radius 1 is 0.839 bits per heavy atom. The molecule has 0 aromatic carbocycles. The quantitative estimate of drug-likeness (QED) is 0.436. The fourth-order valence-electron chi connectivity index (χ4n) is 8.88. The molecule has 4 fully saturated rings. The molecule has 0 saturated heterocycles. The van der Waals surface area contributed by atoms with Crippen molar-refractivity contribution in [1.29, 1.82) is 0 Å². The Hall–Kier alpha value is -0.460. The number of rotatable bonds is 4. The number of fused-ring (bicyclic) bond motifs is 5. The molecule has 0 spiro atoms. The molecule has 5 heteroatoms. The lowest BCUT2D eigenvalue weighted by Gasteiger charge is -2.63. The molecule has 4 rings (SSSR count). The van der Waals surface area contributed by atoms with Gasteiger partial charge in [-0.05, 0) is 84.9 Å². The number of allylic oxidation sites excluding steroid dienone is 1. The predicted molar refractivity (Wildman–Crippen MR) is 120 cm³/mol. The van der Waals surface area contributed by atoms with Crippen LogP contribution in [-0.4, -0.2) is 56.6 Å². The Morgan fingerprint density at radius 3 is 2.16 bits per heavy atom. The molecule has 4 aliphatic rings. The van der Waals surface area contributed by atoms with Crippen molar-refractivity contribution in [1.82, 2.24) is 0 Å². The van der Waals surface area contributed by atoms with Crippen LogP contribution in [0, 0.1) is 52.3 Å². The van der Waals surface area contributed by atoms with Gasteiger partial charge in [0.05, 0.1) is 24.4 Å². The van der Waals surface area contributed by atoms with Gasteiger partial charge in [-0.15, -0.1) is 0 Å². The van der Waals surface area contributed by atoms with Gasteiger partial charge in [-0.25, -0.2) is 0 Å². The van der Waals surface area contributed by atoms with Crippen molar-refractivity contribution in [3.63, 3.8) is 0 Å². The predicted octanol–water partition coefficient (Wildman–Crippen LogP) is 2.74. The summed E-state index contributed by atoms with van der Waals surface area (Å²) >= 11 is 0. The van der Waals surface area contributed by atoms with E-state index in [1.807, 2.05) is 6.92 Å². The Labute approximate surface area is 187 Å². The van der Waals surface area contributed by atoms with Crippen molar-refractivity contribution >= 4 is 0 Å². The third kappa shape index (κ3) is 3.63. The highest BCUT2D eigenvalue weighted by Gasteiger charge is 2.65. The van der Waals surface area contributed by atoms with Crippen LogP contribution in [0.25, 0.3) is 0 Å². The van der Waals surface area contributed by atoms with E-state index < -0.39 is 18.3 Å². The topological polar surface area (TPSA) is 101 Å². The van der Waals surface area contributed by atoms with E-state index in [2.05, 4.69) is 32.9 Å². The Morgan fingerprint density at radius 2 is 1.48 bits per heavy atom. The maximum absolute atomic E-state index is 11.3. The van der Waals surface area contributed by atoms with Gasteiger partial charge in [-0.3, -0.25) is 0 Å². The van der Waals surface area contributed by atoms with Crippen LogP contribution in [0.1, 0.15) is 66.2 Å². The summed E-state index contributed by atoms with van der Waals surface area (Å²) in [6.45, 7) is 8.98. The van der Waals surface area contributed by atoms with E-state index in [1.54, 1.807) is 0 Å². The lowest BCUT2D eigenvalue weighted by molar-refractivity contribution is -0.217. The number of aliphatic hydroxyl groups excluding tert-OH is 5. The third-order valence-corrected chi connectivity index (χ3v) is 10.4. The van der Waals surface area contributed by atoms with Crippen LogP contribution in [-0.2, 0) is 0 Å². The van der Waals surface area contributed by atoms with Gasteiger partial charge in [0.15, 0.2) is 0 Å². The Kier molecular flexibility index (Phi) is 6.41. The van der Waals surface area contributed by atoms with Crippen LogP contribution < -0.4 is 0 Å². The second-order valence-electron chi connectivity index (χ2n) is 12.1. The molecule has 0 heterocycles. The highest BCUT2D eigenvalue weighted by atomic mass is 16.3. The van der Waals surface area contributed by atoms with Crippen molar-refractivity contribution < 1.29 is 25.5 Å². The van der Waals surface area contributed by atoms with Crippen LogP contribution in [0.3, 0.4) is 0 Å². The van der Waals surface area contributed by atoms with Crippen LogP contribution in [0.2, 0.25) is 0 Å². The van der Waals surface area contributed by atoms with Gasteiger partial charge in [0.25, 0.3) is 0 Å². The van der Waals surface area contributed by atoms with Crippen molar-refractivity contribution in [2.45, 2.75) is 90.6 Å². The lowest BCUT2D eigenvalue weighted by Crippen LogP contribution is -2.63. The zero-order valence-electron chi connectivity index (χ0n) is 19.7. The summed E-state index contributed by atoms with van der Waals surface area (Å²) in [6, 6.07) is 0. The largest absolute Gasteiger partial charge is 0.396 e. The average Bonchev–Trinajstić information content (AvgIpc) is 3.00. The van der Waals surface area contributed by atoms with Crippen molar-refractivity contribution in [3.8, 4) is 0 Å². The summed E-state index contributed by atoms with van der Waals surface area (Å²) in [4.78, 5) is 0. The molecule has 5 nitrogen and oxygen atoms in total. The lowest BCUT2D eigenvalue weighted by atomic mass is 9.43. The van der Waals surface area contributed by atoms with E-state index >= 15 is 0 Å². The monoisotopic (exact) mass is 436 g/mol. The molecule has 31 heavy (non-hydrogen) atoms. The molecular weight excluding hydrogens is 392 g/mol. The number of hydrogen-bond acceptors (Lipinski definition) is 5. The van der Waals surface area contributed by atoms with Gasteiger partial charge in [-0.1, -0.05) is 39.8 Å². The van der Waals surface area contributed by atoms with Gasteiger partial charge in [0.2, 0.25) is 0 Å². The summed E-state index contributed by atoms with van der Waals surface area (Å²) in [5.41, 5.74) is -0.162. The maximum Gasteiger partial charge on any atom is 0.0857 e. The summed E-state index contributed by atoms with van der Waals surface area (Å²) in [6.07, 6.45) is 6.68. The summed E-state index contributed by atoms with van der Waals surface area (Å²) in [5, 5.41) is 52.8. The molecule has 5 N–H and O–H groups in total. The fraction of sp³-hybridized carbons (Fsp3) is 0.923.